The minimum atomic E-state index is -2.99. The molecule has 0 atom stereocenters. The number of hydrogen-bond donors (Lipinski definition) is 1. The molecule has 4 rings (SSSR count). The standard InChI is InChI=1S/C22H22ClF2N5O3S/c23-15-5-7-16(8-6-15)30-19(13-29-9-11-32-12-10-29)27-28-22(30)34-14-20(31)26-17-3-1-2-4-18(17)33-21(24)25/h1-8,21H,9-14H2,(H,26,31). The molecule has 180 valence electrons. The van der Waals surface area contributed by atoms with Crippen LogP contribution in [0.2, 0.25) is 5.02 Å². The summed E-state index contributed by atoms with van der Waals surface area (Å²) in [4.78, 5) is 14.8. The molecule has 1 fully saturated rings. The van der Waals surface area contributed by atoms with Gasteiger partial charge in [0.05, 0.1) is 31.2 Å². The van der Waals surface area contributed by atoms with Crippen molar-refractivity contribution in [3.8, 4) is 11.4 Å². The smallest absolute Gasteiger partial charge is 0.387 e. The number of benzene rings is 2. The quantitative estimate of drug-likeness (QED) is 0.435. The second kappa shape index (κ2) is 11.6. The Morgan fingerprint density at radius 1 is 1.15 bits per heavy atom. The number of rotatable bonds is 9. The van der Waals surface area contributed by atoms with E-state index in [0.717, 1.165) is 24.6 Å². The number of anilines is 1. The molecule has 1 aliphatic heterocycles. The Balaban J connectivity index is 1.49. The Kier molecular flexibility index (Phi) is 8.33. The van der Waals surface area contributed by atoms with Crippen LogP contribution in [0.3, 0.4) is 0 Å². The fourth-order valence-electron chi connectivity index (χ4n) is 3.39. The second-order valence-electron chi connectivity index (χ2n) is 7.31. The molecule has 2 aromatic carbocycles. The normalized spacial score (nSPS) is 14.4. The summed E-state index contributed by atoms with van der Waals surface area (Å²) < 4.78 is 37.0. The van der Waals surface area contributed by atoms with Crippen LogP contribution in [0.25, 0.3) is 5.69 Å². The number of carbonyl (C=O) groups is 1. The molecule has 8 nitrogen and oxygen atoms in total. The summed E-state index contributed by atoms with van der Waals surface area (Å²) in [5.74, 6) is 0.221. The molecule has 1 aromatic heterocycles. The number of carbonyl (C=O) groups excluding carboxylic acids is 1. The Morgan fingerprint density at radius 3 is 2.62 bits per heavy atom. The van der Waals surface area contributed by atoms with Crippen molar-refractivity contribution >= 4 is 35.0 Å². The van der Waals surface area contributed by atoms with Crippen LogP contribution in [0.15, 0.2) is 53.7 Å². The third kappa shape index (κ3) is 6.44. The van der Waals surface area contributed by atoms with E-state index in [1.54, 1.807) is 24.3 Å². The van der Waals surface area contributed by atoms with E-state index in [1.807, 2.05) is 16.7 Å². The predicted octanol–water partition coefficient (Wildman–Crippen LogP) is 4.09. The molecule has 12 heteroatoms. The van der Waals surface area contributed by atoms with Gasteiger partial charge < -0.3 is 14.8 Å². The zero-order valence-corrected chi connectivity index (χ0v) is 19.6. The van der Waals surface area contributed by atoms with Crippen LogP contribution in [0.1, 0.15) is 5.82 Å². The summed E-state index contributed by atoms with van der Waals surface area (Å²) in [6.07, 6.45) is 0. The van der Waals surface area contributed by atoms with E-state index in [1.165, 1.54) is 23.9 Å². The van der Waals surface area contributed by atoms with Gasteiger partial charge in [-0.25, -0.2) is 0 Å². The van der Waals surface area contributed by atoms with Crippen molar-refractivity contribution in [1.82, 2.24) is 19.7 Å². The van der Waals surface area contributed by atoms with Gasteiger partial charge in [-0.2, -0.15) is 8.78 Å². The number of nitrogens with one attached hydrogen (secondary N) is 1. The molecule has 0 aliphatic carbocycles. The van der Waals surface area contributed by atoms with Crippen LogP contribution in [0.4, 0.5) is 14.5 Å². The maximum atomic E-state index is 12.6. The highest BCUT2D eigenvalue weighted by Gasteiger charge is 2.20. The Hall–Kier alpha value is -2.73. The topological polar surface area (TPSA) is 81.5 Å². The molecule has 0 saturated carbocycles. The van der Waals surface area contributed by atoms with E-state index >= 15 is 0 Å². The van der Waals surface area contributed by atoms with Gasteiger partial charge in [0, 0.05) is 23.8 Å². The van der Waals surface area contributed by atoms with E-state index in [9.17, 15) is 13.6 Å². The zero-order chi connectivity index (χ0) is 23.9. The number of morpholine rings is 1. The lowest BCUT2D eigenvalue weighted by molar-refractivity contribution is -0.113. The number of hydrogen-bond acceptors (Lipinski definition) is 7. The van der Waals surface area contributed by atoms with Crippen LogP contribution >= 0.6 is 23.4 Å². The van der Waals surface area contributed by atoms with Gasteiger partial charge in [-0.15, -0.1) is 10.2 Å². The van der Waals surface area contributed by atoms with E-state index in [0.29, 0.717) is 29.9 Å². The molecule has 1 N–H and O–H groups in total. The highest BCUT2D eigenvalue weighted by Crippen LogP contribution is 2.27. The third-order valence-electron chi connectivity index (χ3n) is 4.96. The maximum absolute atomic E-state index is 12.6. The molecule has 1 saturated heterocycles. The van der Waals surface area contributed by atoms with E-state index < -0.39 is 12.5 Å². The SMILES string of the molecule is O=C(CSc1nnc(CN2CCOCC2)n1-c1ccc(Cl)cc1)Nc1ccccc1OC(F)F. The Morgan fingerprint density at radius 2 is 1.88 bits per heavy atom. The monoisotopic (exact) mass is 509 g/mol. The number of ether oxygens (including phenoxy) is 2. The zero-order valence-electron chi connectivity index (χ0n) is 18.0. The first-order chi connectivity index (χ1) is 16.5. The van der Waals surface area contributed by atoms with Gasteiger partial charge in [-0.1, -0.05) is 35.5 Å². The lowest BCUT2D eigenvalue weighted by Crippen LogP contribution is -2.36. The van der Waals surface area contributed by atoms with Crippen molar-refractivity contribution in [2.45, 2.75) is 18.3 Å². The fraction of sp³-hybridized carbons (Fsp3) is 0.318. The van der Waals surface area contributed by atoms with Crippen LogP contribution in [0, 0.1) is 0 Å². The first-order valence-electron chi connectivity index (χ1n) is 10.5. The Labute approximate surface area is 204 Å². The largest absolute Gasteiger partial charge is 0.433 e. The number of thioether (sulfide) groups is 1. The molecular formula is C22H22ClF2N5O3S. The predicted molar refractivity (Wildman–Crippen MR) is 125 cm³/mol. The van der Waals surface area contributed by atoms with Crippen molar-refractivity contribution in [3.05, 3.63) is 59.4 Å². The molecular weight excluding hydrogens is 488 g/mol. The van der Waals surface area contributed by atoms with Gasteiger partial charge in [0.15, 0.2) is 11.0 Å². The van der Waals surface area contributed by atoms with Crippen molar-refractivity contribution in [3.63, 3.8) is 0 Å². The molecule has 0 unspecified atom stereocenters. The molecule has 1 amide bonds. The first-order valence-corrected chi connectivity index (χ1v) is 11.8. The van der Waals surface area contributed by atoms with Gasteiger partial charge in [0.2, 0.25) is 5.91 Å². The number of nitrogens with zero attached hydrogens (tertiary/aromatic N) is 4. The van der Waals surface area contributed by atoms with Crippen molar-refractivity contribution in [2.24, 2.45) is 0 Å². The minimum Gasteiger partial charge on any atom is -0.433 e. The van der Waals surface area contributed by atoms with E-state index in [4.69, 9.17) is 16.3 Å². The second-order valence-corrected chi connectivity index (χ2v) is 8.69. The minimum absolute atomic E-state index is 0.00765. The van der Waals surface area contributed by atoms with Gasteiger partial charge in [-0.05, 0) is 36.4 Å². The average Bonchev–Trinajstić information content (AvgIpc) is 3.22. The summed E-state index contributed by atoms with van der Waals surface area (Å²) in [6.45, 7) is 0.484. The number of para-hydroxylation sites is 2. The summed E-state index contributed by atoms with van der Waals surface area (Å²) in [5, 5.41) is 12.4. The number of aromatic nitrogens is 3. The summed E-state index contributed by atoms with van der Waals surface area (Å²) in [7, 11) is 0. The molecule has 3 aromatic rings. The summed E-state index contributed by atoms with van der Waals surface area (Å²) >= 11 is 7.24. The molecule has 0 radical (unpaired) electrons. The highest BCUT2D eigenvalue weighted by molar-refractivity contribution is 7.99. The number of amides is 1. The Bertz CT molecular complexity index is 1110. The van der Waals surface area contributed by atoms with Crippen molar-refractivity contribution in [1.29, 1.82) is 0 Å². The van der Waals surface area contributed by atoms with Gasteiger partial charge in [0.1, 0.15) is 5.75 Å². The van der Waals surface area contributed by atoms with Gasteiger partial charge in [-0.3, -0.25) is 14.3 Å². The molecule has 1 aliphatic rings. The molecule has 34 heavy (non-hydrogen) atoms. The maximum Gasteiger partial charge on any atom is 0.387 e. The van der Waals surface area contributed by atoms with Crippen molar-refractivity contribution < 1.29 is 23.0 Å². The van der Waals surface area contributed by atoms with Crippen LogP contribution in [-0.4, -0.2) is 64.2 Å². The molecule has 0 spiro atoms. The number of alkyl halides is 2. The van der Waals surface area contributed by atoms with E-state index in [-0.39, 0.29) is 17.2 Å². The first kappa shape index (κ1) is 24.4. The lowest BCUT2D eigenvalue weighted by atomic mass is 10.3. The molecule has 2 heterocycles. The third-order valence-corrected chi connectivity index (χ3v) is 6.14. The van der Waals surface area contributed by atoms with Gasteiger partial charge in [0.25, 0.3) is 0 Å². The van der Waals surface area contributed by atoms with E-state index in [2.05, 4.69) is 25.2 Å². The fourth-order valence-corrected chi connectivity index (χ4v) is 4.29. The van der Waals surface area contributed by atoms with Crippen molar-refractivity contribution in [2.75, 3.05) is 37.4 Å². The lowest BCUT2D eigenvalue weighted by Gasteiger charge is -2.26. The van der Waals surface area contributed by atoms with Crippen LogP contribution in [0.5, 0.6) is 5.75 Å². The average molecular weight is 510 g/mol. The highest BCUT2D eigenvalue weighted by atomic mass is 35.5. The molecule has 0 bridgehead atoms. The summed E-state index contributed by atoms with van der Waals surface area (Å²) in [5.41, 5.74) is 0.983. The van der Waals surface area contributed by atoms with Crippen LogP contribution in [-0.2, 0) is 16.1 Å². The summed E-state index contributed by atoms with van der Waals surface area (Å²) in [6, 6.07) is 13.3. The number of halogens is 3. The van der Waals surface area contributed by atoms with Crippen LogP contribution < -0.4 is 10.1 Å². The van der Waals surface area contributed by atoms with Gasteiger partial charge >= 0.3 is 6.61 Å².